The lowest BCUT2D eigenvalue weighted by atomic mass is 10.2. The first-order valence-corrected chi connectivity index (χ1v) is 10.2. The largest absolute Gasteiger partial charge is 0.319 e. The van der Waals surface area contributed by atoms with Crippen LogP contribution in [0.15, 0.2) is 66.1 Å². The Bertz CT molecular complexity index is 1130. The molecule has 0 unspecified atom stereocenters. The molecule has 2 aromatic heterocycles. The molecule has 0 saturated carbocycles. The molecule has 29 heavy (non-hydrogen) atoms. The van der Waals surface area contributed by atoms with Crippen LogP contribution < -0.4 is 0 Å². The lowest BCUT2D eigenvalue weighted by Gasteiger charge is -2.11. The zero-order chi connectivity index (χ0) is 20.4. The maximum atomic E-state index is 13.1. The maximum Gasteiger partial charge on any atom is 0.319 e. The highest BCUT2D eigenvalue weighted by molar-refractivity contribution is 7.98. The van der Waals surface area contributed by atoms with Crippen LogP contribution in [0.1, 0.15) is 12.4 Å². The minimum atomic E-state index is -2.65. The van der Waals surface area contributed by atoms with Crippen LogP contribution in [-0.4, -0.2) is 24.3 Å². The number of halogens is 4. The van der Waals surface area contributed by atoms with E-state index in [1.807, 2.05) is 34.9 Å². The zero-order valence-corrected chi connectivity index (χ0v) is 17.0. The molecule has 0 bridgehead atoms. The van der Waals surface area contributed by atoms with Gasteiger partial charge >= 0.3 is 6.55 Å². The summed E-state index contributed by atoms with van der Waals surface area (Å²) in [5.74, 6) is 0.979. The van der Waals surface area contributed by atoms with Gasteiger partial charge in [-0.25, -0.2) is 4.98 Å². The number of hydrogen-bond acceptors (Lipinski definition) is 4. The predicted octanol–water partition coefficient (Wildman–Crippen LogP) is 6.13. The Hall–Kier alpha value is -2.42. The second kappa shape index (κ2) is 8.52. The molecule has 0 aliphatic rings. The van der Waals surface area contributed by atoms with Crippen LogP contribution in [0.2, 0.25) is 10.0 Å². The van der Waals surface area contributed by atoms with Gasteiger partial charge in [-0.1, -0.05) is 53.2 Å². The minimum Gasteiger partial charge on any atom is -0.277 e. The van der Waals surface area contributed by atoms with E-state index in [0.717, 1.165) is 10.3 Å². The normalized spacial score (nSPS) is 11.3. The first-order chi connectivity index (χ1) is 14.0. The Morgan fingerprint density at radius 3 is 2.55 bits per heavy atom. The Labute approximate surface area is 179 Å². The molecule has 0 atom stereocenters. The molecule has 4 rings (SSSR count). The molecule has 0 N–H and O–H groups in total. The molecule has 148 valence electrons. The summed E-state index contributed by atoms with van der Waals surface area (Å²) < 4.78 is 28.8. The SMILES string of the molecule is FC(F)n1ccnc1CSc1nnc(-c2ccc(Cl)cc2Cl)n1-c1ccccc1. The van der Waals surface area contributed by atoms with E-state index in [1.165, 1.54) is 24.2 Å². The standard InChI is InChI=1S/C19H13Cl2F2N5S/c20-12-6-7-14(15(21)10-12)17-25-26-19(28(17)13-4-2-1-3-5-13)29-11-16-24-8-9-27(16)18(22)23/h1-10,18H,11H2. The fraction of sp³-hybridized carbons (Fsp3) is 0.105. The fourth-order valence-electron chi connectivity index (χ4n) is 2.78. The third-order valence-electron chi connectivity index (χ3n) is 4.11. The third-order valence-corrected chi connectivity index (χ3v) is 5.58. The predicted molar refractivity (Wildman–Crippen MR) is 110 cm³/mol. The van der Waals surface area contributed by atoms with Gasteiger partial charge in [0.2, 0.25) is 0 Å². The highest BCUT2D eigenvalue weighted by Gasteiger charge is 2.20. The molecule has 10 heteroatoms. The number of aromatic nitrogens is 5. The molecule has 0 spiro atoms. The Morgan fingerprint density at radius 2 is 1.83 bits per heavy atom. The summed E-state index contributed by atoms with van der Waals surface area (Å²) in [5.41, 5.74) is 1.48. The van der Waals surface area contributed by atoms with Crippen LogP contribution in [0.4, 0.5) is 8.78 Å². The van der Waals surface area contributed by atoms with Gasteiger partial charge in [-0.3, -0.25) is 9.13 Å². The lowest BCUT2D eigenvalue weighted by Crippen LogP contribution is -2.03. The van der Waals surface area contributed by atoms with Crippen LogP contribution in [-0.2, 0) is 5.75 Å². The van der Waals surface area contributed by atoms with Crippen molar-refractivity contribution >= 4 is 35.0 Å². The number of thioether (sulfide) groups is 1. The van der Waals surface area contributed by atoms with Crippen LogP contribution in [0.5, 0.6) is 0 Å². The first kappa shape index (κ1) is 19.9. The molecule has 0 aliphatic heterocycles. The average molecular weight is 452 g/mol. The topological polar surface area (TPSA) is 48.5 Å². The molecule has 2 aromatic carbocycles. The lowest BCUT2D eigenvalue weighted by molar-refractivity contribution is 0.0678. The van der Waals surface area contributed by atoms with Crippen molar-refractivity contribution in [2.24, 2.45) is 0 Å². The molecule has 0 amide bonds. The number of hydrogen-bond donors (Lipinski definition) is 0. The summed E-state index contributed by atoms with van der Waals surface area (Å²) in [5, 5.41) is 10.0. The third kappa shape index (κ3) is 4.14. The molecule has 0 aliphatic carbocycles. The van der Waals surface area contributed by atoms with Gasteiger partial charge in [0.15, 0.2) is 11.0 Å². The molecule has 0 fully saturated rings. The summed E-state index contributed by atoms with van der Waals surface area (Å²) in [6, 6.07) is 14.6. The van der Waals surface area contributed by atoms with E-state index in [-0.39, 0.29) is 11.6 Å². The Morgan fingerprint density at radius 1 is 1.03 bits per heavy atom. The number of benzene rings is 2. The molecule has 0 saturated heterocycles. The van der Waals surface area contributed by atoms with E-state index in [0.29, 0.717) is 26.6 Å². The summed E-state index contributed by atoms with van der Waals surface area (Å²) in [7, 11) is 0. The van der Waals surface area contributed by atoms with E-state index in [2.05, 4.69) is 15.2 Å². The Balaban J connectivity index is 1.75. The highest BCUT2D eigenvalue weighted by Crippen LogP contribution is 2.34. The van der Waals surface area contributed by atoms with Crippen LogP contribution in [0.25, 0.3) is 17.1 Å². The quantitative estimate of drug-likeness (QED) is 0.331. The number of rotatable bonds is 6. The number of nitrogens with zero attached hydrogens (tertiary/aromatic N) is 5. The van der Waals surface area contributed by atoms with Gasteiger partial charge in [-0.05, 0) is 30.3 Å². The van der Waals surface area contributed by atoms with Crippen LogP contribution in [0, 0.1) is 0 Å². The van der Waals surface area contributed by atoms with Crippen molar-refractivity contribution in [2.75, 3.05) is 0 Å². The number of para-hydroxylation sites is 1. The second-order valence-corrected chi connectivity index (χ2v) is 7.70. The van der Waals surface area contributed by atoms with Crippen molar-refractivity contribution in [3.05, 3.63) is 76.8 Å². The van der Waals surface area contributed by atoms with Crippen molar-refractivity contribution in [1.82, 2.24) is 24.3 Å². The summed E-state index contributed by atoms with van der Waals surface area (Å²) in [6.45, 7) is -2.65. The molecule has 0 radical (unpaired) electrons. The Kier molecular flexibility index (Phi) is 5.84. The molecular formula is C19H13Cl2F2N5S. The van der Waals surface area contributed by atoms with Crippen molar-refractivity contribution in [1.29, 1.82) is 0 Å². The molecule has 4 aromatic rings. The van der Waals surface area contributed by atoms with Crippen molar-refractivity contribution in [3.63, 3.8) is 0 Å². The van der Waals surface area contributed by atoms with Gasteiger partial charge in [0.1, 0.15) is 5.82 Å². The maximum absolute atomic E-state index is 13.1. The van der Waals surface area contributed by atoms with Gasteiger partial charge in [-0.2, -0.15) is 8.78 Å². The minimum absolute atomic E-state index is 0.205. The van der Waals surface area contributed by atoms with Gasteiger partial charge in [-0.15, -0.1) is 10.2 Å². The van der Waals surface area contributed by atoms with Gasteiger partial charge < -0.3 is 0 Å². The smallest absolute Gasteiger partial charge is 0.277 e. The van der Waals surface area contributed by atoms with E-state index < -0.39 is 6.55 Å². The van der Waals surface area contributed by atoms with Crippen molar-refractivity contribution in [3.8, 4) is 17.1 Å². The molecule has 2 heterocycles. The summed E-state index contributed by atoms with van der Waals surface area (Å²) >= 11 is 13.6. The van der Waals surface area contributed by atoms with Crippen LogP contribution in [0.3, 0.4) is 0 Å². The van der Waals surface area contributed by atoms with Gasteiger partial charge in [0.05, 0.1) is 10.8 Å². The van der Waals surface area contributed by atoms with Crippen molar-refractivity contribution in [2.45, 2.75) is 17.5 Å². The van der Waals surface area contributed by atoms with E-state index in [1.54, 1.807) is 18.2 Å². The second-order valence-electron chi connectivity index (χ2n) is 5.92. The molecular weight excluding hydrogens is 439 g/mol. The van der Waals surface area contributed by atoms with E-state index >= 15 is 0 Å². The fourth-order valence-corrected chi connectivity index (χ4v) is 4.18. The summed E-state index contributed by atoms with van der Waals surface area (Å²) in [6.07, 6.45) is 2.60. The van der Waals surface area contributed by atoms with Gasteiger partial charge in [0, 0.05) is 28.7 Å². The van der Waals surface area contributed by atoms with Crippen LogP contribution >= 0.6 is 35.0 Å². The monoisotopic (exact) mass is 451 g/mol. The average Bonchev–Trinajstić information content (AvgIpc) is 3.34. The van der Waals surface area contributed by atoms with Crippen molar-refractivity contribution < 1.29 is 8.78 Å². The zero-order valence-electron chi connectivity index (χ0n) is 14.7. The first-order valence-electron chi connectivity index (χ1n) is 8.43. The number of imidazole rings is 1. The highest BCUT2D eigenvalue weighted by atomic mass is 35.5. The van der Waals surface area contributed by atoms with E-state index in [9.17, 15) is 8.78 Å². The molecule has 5 nitrogen and oxygen atoms in total. The van der Waals surface area contributed by atoms with E-state index in [4.69, 9.17) is 23.2 Å². The number of alkyl halides is 2. The summed E-state index contributed by atoms with van der Waals surface area (Å²) in [4.78, 5) is 4.01. The van der Waals surface area contributed by atoms with Gasteiger partial charge in [0.25, 0.3) is 0 Å².